The number of carbonyl (C=O) groups is 1. The highest BCUT2D eigenvalue weighted by atomic mass is 35.5. The summed E-state index contributed by atoms with van der Waals surface area (Å²) in [4.78, 5) is 13.0. The zero-order valence-electron chi connectivity index (χ0n) is 14.8. The van der Waals surface area contributed by atoms with E-state index in [1.54, 1.807) is 19.2 Å². The summed E-state index contributed by atoms with van der Waals surface area (Å²) in [5.74, 6) is 1.05. The minimum Gasteiger partial charge on any atom is -0.496 e. The highest BCUT2D eigenvalue weighted by Crippen LogP contribution is 2.33. The van der Waals surface area contributed by atoms with Gasteiger partial charge in [-0.05, 0) is 24.3 Å². The fourth-order valence-electron chi connectivity index (χ4n) is 3.31. The molecule has 4 rings (SSSR count). The lowest BCUT2D eigenvalue weighted by atomic mass is 10.00. The number of carbonyl (C=O) groups excluding carboxylic acids is 1. The molecule has 1 N–H and O–H groups in total. The SMILES string of the molecule is COc1cc(-n2cccc2)c(Cl)cc1C(=O)NC1CCOc2ccccc21. The summed E-state index contributed by atoms with van der Waals surface area (Å²) in [5.41, 5.74) is 2.14. The molecule has 2 aromatic carbocycles. The van der Waals surface area contributed by atoms with Crippen LogP contribution in [0.15, 0.2) is 60.9 Å². The van der Waals surface area contributed by atoms with Gasteiger partial charge in [-0.2, -0.15) is 0 Å². The molecule has 0 spiro atoms. The number of nitrogens with one attached hydrogen (secondary N) is 1. The number of aromatic nitrogens is 1. The zero-order valence-corrected chi connectivity index (χ0v) is 15.6. The minimum atomic E-state index is -0.227. The maximum Gasteiger partial charge on any atom is 0.255 e. The van der Waals surface area contributed by atoms with E-state index in [2.05, 4.69) is 5.32 Å². The van der Waals surface area contributed by atoms with E-state index in [9.17, 15) is 4.79 Å². The monoisotopic (exact) mass is 382 g/mol. The van der Waals surface area contributed by atoms with Gasteiger partial charge < -0.3 is 19.4 Å². The number of hydrogen-bond donors (Lipinski definition) is 1. The Balaban J connectivity index is 1.64. The van der Waals surface area contributed by atoms with Gasteiger partial charge in [0.15, 0.2) is 0 Å². The van der Waals surface area contributed by atoms with Crippen LogP contribution in [0.2, 0.25) is 5.02 Å². The van der Waals surface area contributed by atoms with Gasteiger partial charge in [0, 0.05) is 30.4 Å². The third-order valence-electron chi connectivity index (χ3n) is 4.66. The number of nitrogens with zero attached hydrogens (tertiary/aromatic N) is 1. The fraction of sp³-hybridized carbons (Fsp3) is 0.190. The van der Waals surface area contributed by atoms with Crippen molar-refractivity contribution in [3.8, 4) is 17.2 Å². The molecule has 138 valence electrons. The fourth-order valence-corrected chi connectivity index (χ4v) is 3.57. The molecule has 1 aliphatic heterocycles. The maximum absolute atomic E-state index is 13.0. The smallest absolute Gasteiger partial charge is 0.255 e. The van der Waals surface area contributed by atoms with E-state index in [1.165, 1.54) is 0 Å². The van der Waals surface area contributed by atoms with Crippen LogP contribution in [-0.2, 0) is 0 Å². The lowest BCUT2D eigenvalue weighted by Gasteiger charge is -2.27. The van der Waals surface area contributed by atoms with Gasteiger partial charge in [0.1, 0.15) is 11.5 Å². The molecule has 3 aromatic rings. The van der Waals surface area contributed by atoms with Gasteiger partial charge in [-0.3, -0.25) is 4.79 Å². The molecule has 0 fully saturated rings. The predicted molar refractivity (Wildman–Crippen MR) is 104 cm³/mol. The second-order valence-electron chi connectivity index (χ2n) is 6.30. The van der Waals surface area contributed by atoms with Crippen LogP contribution in [-0.4, -0.2) is 24.2 Å². The van der Waals surface area contributed by atoms with Crippen LogP contribution in [0, 0.1) is 0 Å². The lowest BCUT2D eigenvalue weighted by Crippen LogP contribution is -2.32. The van der Waals surface area contributed by atoms with Crippen LogP contribution < -0.4 is 14.8 Å². The molecule has 0 radical (unpaired) electrons. The first-order valence-corrected chi connectivity index (χ1v) is 9.08. The number of amides is 1. The first-order valence-electron chi connectivity index (χ1n) is 8.71. The number of hydrogen-bond acceptors (Lipinski definition) is 3. The molecular formula is C21H19ClN2O3. The average Bonchev–Trinajstić information content (AvgIpc) is 3.22. The van der Waals surface area contributed by atoms with Gasteiger partial charge >= 0.3 is 0 Å². The number of benzene rings is 2. The van der Waals surface area contributed by atoms with Gasteiger partial charge in [-0.15, -0.1) is 0 Å². The van der Waals surface area contributed by atoms with Crippen LogP contribution in [0.5, 0.6) is 11.5 Å². The highest BCUT2D eigenvalue weighted by Gasteiger charge is 2.25. The first-order chi connectivity index (χ1) is 13.2. The molecule has 0 saturated carbocycles. The molecule has 5 nitrogen and oxygen atoms in total. The molecule has 1 amide bonds. The Bertz CT molecular complexity index is 970. The van der Waals surface area contributed by atoms with E-state index < -0.39 is 0 Å². The number of methoxy groups -OCH3 is 1. The van der Waals surface area contributed by atoms with E-state index in [-0.39, 0.29) is 11.9 Å². The number of rotatable bonds is 4. The standard InChI is InChI=1S/C21H19ClN2O3/c1-26-20-13-18(24-9-4-5-10-24)16(22)12-15(20)21(25)23-17-8-11-27-19-7-3-2-6-14(17)19/h2-7,9-10,12-13,17H,8,11H2,1H3,(H,23,25). The maximum atomic E-state index is 13.0. The molecule has 1 unspecified atom stereocenters. The second-order valence-corrected chi connectivity index (χ2v) is 6.70. The Kier molecular flexibility index (Phi) is 4.77. The topological polar surface area (TPSA) is 52.5 Å². The summed E-state index contributed by atoms with van der Waals surface area (Å²) in [5, 5.41) is 3.56. The lowest BCUT2D eigenvalue weighted by molar-refractivity contribution is 0.0922. The van der Waals surface area contributed by atoms with Crippen molar-refractivity contribution in [2.75, 3.05) is 13.7 Å². The Hall–Kier alpha value is -2.92. The van der Waals surface area contributed by atoms with Crippen LogP contribution >= 0.6 is 11.6 Å². The zero-order chi connectivity index (χ0) is 18.8. The Labute approximate surface area is 162 Å². The van der Waals surface area contributed by atoms with E-state index in [0.29, 0.717) is 29.4 Å². The Morgan fingerprint density at radius 3 is 2.78 bits per heavy atom. The van der Waals surface area contributed by atoms with Crippen LogP contribution in [0.4, 0.5) is 0 Å². The molecule has 0 saturated heterocycles. The summed E-state index contributed by atoms with van der Waals surface area (Å²) in [6.07, 6.45) is 4.49. The average molecular weight is 383 g/mol. The minimum absolute atomic E-state index is 0.116. The summed E-state index contributed by atoms with van der Waals surface area (Å²) in [7, 11) is 1.54. The van der Waals surface area contributed by atoms with Crippen molar-refractivity contribution in [1.29, 1.82) is 0 Å². The normalized spacial score (nSPS) is 15.6. The largest absolute Gasteiger partial charge is 0.496 e. The molecule has 0 bridgehead atoms. The Morgan fingerprint density at radius 2 is 2.00 bits per heavy atom. The van der Waals surface area contributed by atoms with Crippen molar-refractivity contribution in [2.45, 2.75) is 12.5 Å². The van der Waals surface area contributed by atoms with Gasteiger partial charge in [-0.25, -0.2) is 0 Å². The van der Waals surface area contributed by atoms with E-state index in [1.807, 2.05) is 53.4 Å². The Morgan fingerprint density at radius 1 is 1.22 bits per heavy atom. The van der Waals surface area contributed by atoms with E-state index in [0.717, 1.165) is 17.0 Å². The highest BCUT2D eigenvalue weighted by molar-refractivity contribution is 6.33. The van der Waals surface area contributed by atoms with Gasteiger partial charge in [0.05, 0.1) is 36.0 Å². The number of para-hydroxylation sites is 1. The molecule has 1 atom stereocenters. The third kappa shape index (κ3) is 3.38. The summed E-state index contributed by atoms with van der Waals surface area (Å²) in [6.45, 7) is 0.562. The van der Waals surface area contributed by atoms with Gasteiger partial charge in [0.25, 0.3) is 5.91 Å². The van der Waals surface area contributed by atoms with Crippen molar-refractivity contribution in [1.82, 2.24) is 9.88 Å². The summed E-state index contributed by atoms with van der Waals surface area (Å²) >= 11 is 6.44. The molecular weight excluding hydrogens is 364 g/mol. The van der Waals surface area contributed by atoms with Crippen LogP contribution in [0.3, 0.4) is 0 Å². The number of halogens is 1. The van der Waals surface area contributed by atoms with Gasteiger partial charge in [0.2, 0.25) is 0 Å². The van der Waals surface area contributed by atoms with Gasteiger partial charge in [-0.1, -0.05) is 29.8 Å². The van der Waals surface area contributed by atoms with Crippen molar-refractivity contribution in [3.05, 3.63) is 77.1 Å². The molecule has 6 heteroatoms. The molecule has 0 aliphatic carbocycles. The summed E-state index contributed by atoms with van der Waals surface area (Å²) in [6, 6.07) is 14.9. The summed E-state index contributed by atoms with van der Waals surface area (Å²) < 4.78 is 13.0. The van der Waals surface area contributed by atoms with Crippen molar-refractivity contribution < 1.29 is 14.3 Å². The van der Waals surface area contributed by atoms with E-state index in [4.69, 9.17) is 21.1 Å². The first kappa shape index (κ1) is 17.5. The van der Waals surface area contributed by atoms with Crippen molar-refractivity contribution in [3.63, 3.8) is 0 Å². The predicted octanol–water partition coefficient (Wildman–Crippen LogP) is 4.39. The third-order valence-corrected chi connectivity index (χ3v) is 4.96. The molecule has 1 aromatic heterocycles. The molecule has 27 heavy (non-hydrogen) atoms. The van der Waals surface area contributed by atoms with E-state index >= 15 is 0 Å². The van der Waals surface area contributed by atoms with Crippen LogP contribution in [0.25, 0.3) is 5.69 Å². The quantitative estimate of drug-likeness (QED) is 0.728. The number of ether oxygens (including phenoxy) is 2. The van der Waals surface area contributed by atoms with Crippen molar-refractivity contribution >= 4 is 17.5 Å². The van der Waals surface area contributed by atoms with Crippen molar-refractivity contribution in [2.24, 2.45) is 0 Å². The second kappa shape index (κ2) is 7.37. The molecule has 1 aliphatic rings. The molecule has 2 heterocycles. The van der Waals surface area contributed by atoms with Crippen LogP contribution in [0.1, 0.15) is 28.4 Å². The number of fused-ring (bicyclic) bond motifs is 1.